The van der Waals surface area contributed by atoms with E-state index in [0.29, 0.717) is 29.3 Å². The van der Waals surface area contributed by atoms with Crippen LogP contribution in [-0.4, -0.2) is 45.1 Å². The Morgan fingerprint density at radius 3 is 0.968 bits per heavy atom. The van der Waals surface area contributed by atoms with Gasteiger partial charge >= 0.3 is 11.9 Å². The van der Waals surface area contributed by atoms with Crippen molar-refractivity contribution >= 4 is 11.9 Å². The van der Waals surface area contributed by atoms with Gasteiger partial charge in [-0.25, -0.2) is 0 Å². The normalized spacial score (nSPS) is 26.7. The van der Waals surface area contributed by atoms with Gasteiger partial charge in [-0.3, -0.25) is 9.59 Å². The Morgan fingerprint density at radius 1 is 0.460 bits per heavy atom. The van der Waals surface area contributed by atoms with Crippen LogP contribution >= 0.6 is 0 Å². The maximum atomic E-state index is 10.6. The molecule has 0 atom stereocenters. The standard InChI is InChI=1S/C11H22.C10H18O2.C9H18O.C7H12O2.C7H14O.C7H14.C6H12/c1-9(2)10-5-7-11(3,4)8-6-10;1-7(2)8-3-5-9(6-4-8)10(11)12;1-7(2)8-3-5-9(10)6-4-8;1-5(2)7(3-4-7)6(8)9;1-6(2)7(5-8)3-4-7;1-6(2)7-4-3-5-7;1-5(2)6-3-4-6/h9-10H,5-8H2,1-4H3;7-9H,3-6H2,1-2H3,(H,11,12);7-10H,3-6H2,1-2H3;5H,3-4H2,1-2H3,(H,8,9);6,8H,3-5H2,1-2H3;6-7H,3-5H2,1-2H3;5-6H,3-4H2,1-2H3. The number of hydrogen-bond acceptors (Lipinski definition) is 4. The van der Waals surface area contributed by atoms with E-state index < -0.39 is 11.9 Å². The summed E-state index contributed by atoms with van der Waals surface area (Å²) >= 11 is 0. The van der Waals surface area contributed by atoms with Crippen LogP contribution in [-0.2, 0) is 9.59 Å². The van der Waals surface area contributed by atoms with Crippen LogP contribution < -0.4 is 0 Å². The second kappa shape index (κ2) is 28.9. The van der Waals surface area contributed by atoms with E-state index in [4.69, 9.17) is 15.3 Å². The van der Waals surface area contributed by atoms with Crippen LogP contribution in [0.4, 0.5) is 0 Å². The Kier molecular flexibility index (Phi) is 27.5. The van der Waals surface area contributed by atoms with E-state index in [0.717, 1.165) is 111 Å². The van der Waals surface area contributed by atoms with Crippen LogP contribution in [0.2, 0.25) is 0 Å². The number of aliphatic hydroxyl groups excluding tert-OH is 2. The first-order chi connectivity index (χ1) is 29.2. The second-order valence-electron chi connectivity index (χ2n) is 25.1. The van der Waals surface area contributed by atoms with Crippen molar-refractivity contribution in [1.82, 2.24) is 0 Å². The molecule has 0 aromatic heterocycles. The molecule has 374 valence electrons. The van der Waals surface area contributed by atoms with Crippen LogP contribution in [0.25, 0.3) is 0 Å². The van der Waals surface area contributed by atoms with Crippen molar-refractivity contribution in [2.75, 3.05) is 6.61 Å². The number of aliphatic hydroxyl groups is 2. The first kappa shape index (κ1) is 59.9. The predicted molar refractivity (Wildman–Crippen MR) is 269 cm³/mol. The zero-order chi connectivity index (χ0) is 48.3. The van der Waals surface area contributed by atoms with Gasteiger partial charge < -0.3 is 20.4 Å². The van der Waals surface area contributed by atoms with Gasteiger partial charge in [0.25, 0.3) is 0 Å². The lowest BCUT2D eigenvalue weighted by molar-refractivity contribution is -0.145. The molecule has 7 aliphatic carbocycles. The second-order valence-corrected chi connectivity index (χ2v) is 25.1. The Morgan fingerprint density at radius 2 is 0.794 bits per heavy atom. The molecule has 6 nitrogen and oxygen atoms in total. The van der Waals surface area contributed by atoms with Crippen LogP contribution in [0.1, 0.15) is 246 Å². The molecule has 0 spiro atoms. The summed E-state index contributed by atoms with van der Waals surface area (Å²) in [4.78, 5) is 21.2. The first-order valence-corrected chi connectivity index (χ1v) is 27.0. The summed E-state index contributed by atoms with van der Waals surface area (Å²) in [6, 6.07) is 0. The van der Waals surface area contributed by atoms with Gasteiger partial charge in [-0.2, -0.15) is 0 Å². The molecule has 0 aromatic carbocycles. The molecule has 7 fully saturated rings. The average Bonchev–Trinajstić information content (AvgIpc) is 4.04. The average molecular weight is 892 g/mol. The van der Waals surface area contributed by atoms with Gasteiger partial charge in [0.05, 0.1) is 17.4 Å². The van der Waals surface area contributed by atoms with E-state index in [2.05, 4.69) is 96.9 Å². The molecule has 0 unspecified atom stereocenters. The predicted octanol–water partition coefficient (Wildman–Crippen LogP) is 16.0. The van der Waals surface area contributed by atoms with Gasteiger partial charge in [-0.05, 0) is 197 Å². The highest BCUT2D eigenvalue weighted by Crippen LogP contribution is 2.52. The summed E-state index contributed by atoms with van der Waals surface area (Å²) in [6.45, 7) is 36.5. The Bertz CT molecular complexity index is 1190. The van der Waals surface area contributed by atoms with Crippen molar-refractivity contribution in [3.8, 4) is 0 Å². The van der Waals surface area contributed by atoms with Crippen LogP contribution in [0.5, 0.6) is 0 Å². The third-order valence-corrected chi connectivity index (χ3v) is 17.5. The minimum absolute atomic E-state index is 0.00926. The van der Waals surface area contributed by atoms with Gasteiger partial charge in [0.15, 0.2) is 0 Å². The SMILES string of the molecule is CC(C)C1(C(=O)O)CC1.CC(C)C1(CO)CC1.CC(C)C1CC1.CC(C)C1CCC(C(=O)O)CC1.CC(C)C1CCC(C)(C)CC1.CC(C)C1CCC(O)CC1.CC(C)C1CCC1. The van der Waals surface area contributed by atoms with Gasteiger partial charge in [-0.1, -0.05) is 130 Å². The Hall–Kier alpha value is -1.14. The number of carboxylic acids is 2. The summed E-state index contributed by atoms with van der Waals surface area (Å²) in [5, 5.41) is 35.5. The highest BCUT2D eigenvalue weighted by atomic mass is 16.4. The van der Waals surface area contributed by atoms with Crippen LogP contribution in [0.3, 0.4) is 0 Å². The Balaban J connectivity index is 0.000000371. The van der Waals surface area contributed by atoms with E-state index in [9.17, 15) is 14.7 Å². The lowest BCUT2D eigenvalue weighted by Gasteiger charge is -2.36. The summed E-state index contributed by atoms with van der Waals surface area (Å²) in [6.07, 6.45) is 26.0. The van der Waals surface area contributed by atoms with Crippen molar-refractivity contribution in [3.05, 3.63) is 0 Å². The number of aliphatic carboxylic acids is 2. The lowest BCUT2D eigenvalue weighted by Crippen LogP contribution is -2.23. The summed E-state index contributed by atoms with van der Waals surface area (Å²) in [7, 11) is 0. The molecule has 6 heteroatoms. The minimum Gasteiger partial charge on any atom is -0.481 e. The smallest absolute Gasteiger partial charge is 0.309 e. The van der Waals surface area contributed by atoms with Crippen molar-refractivity contribution in [1.29, 1.82) is 0 Å². The third kappa shape index (κ3) is 23.4. The molecule has 0 bridgehead atoms. The molecule has 7 saturated carbocycles. The summed E-state index contributed by atoms with van der Waals surface area (Å²) in [5.74, 6) is 8.91. The van der Waals surface area contributed by atoms with Gasteiger partial charge in [-0.15, -0.1) is 0 Å². The van der Waals surface area contributed by atoms with Gasteiger partial charge in [0.1, 0.15) is 0 Å². The maximum Gasteiger partial charge on any atom is 0.309 e. The fraction of sp³-hybridized carbons (Fsp3) is 0.965. The fourth-order valence-electron chi connectivity index (χ4n) is 10.0. The molecule has 0 heterocycles. The monoisotopic (exact) mass is 891 g/mol. The Labute approximate surface area is 392 Å². The number of carbonyl (C=O) groups is 2. The topological polar surface area (TPSA) is 115 Å². The molecule has 7 rings (SSSR count). The molecule has 7 aliphatic rings. The van der Waals surface area contributed by atoms with Crippen molar-refractivity contribution in [2.24, 2.45) is 93.2 Å². The zero-order valence-corrected chi connectivity index (χ0v) is 44.7. The molecule has 4 N–H and O–H groups in total. The van der Waals surface area contributed by atoms with Crippen molar-refractivity contribution < 1.29 is 30.0 Å². The molecule has 0 saturated heterocycles. The summed E-state index contributed by atoms with van der Waals surface area (Å²) < 4.78 is 0. The summed E-state index contributed by atoms with van der Waals surface area (Å²) in [5.41, 5.74) is 0.658. The van der Waals surface area contributed by atoms with Crippen molar-refractivity contribution in [2.45, 2.75) is 252 Å². The number of rotatable bonds is 10. The van der Waals surface area contributed by atoms with E-state index in [-0.39, 0.29) is 17.4 Å². The molecular weight excluding hydrogens is 781 g/mol. The number of carboxylic acid groups (broad SMARTS) is 2. The first-order valence-electron chi connectivity index (χ1n) is 27.0. The molecule has 0 radical (unpaired) electrons. The maximum absolute atomic E-state index is 10.6. The molecular formula is C57H110O6. The molecule has 0 aliphatic heterocycles. The van der Waals surface area contributed by atoms with Gasteiger partial charge in [0.2, 0.25) is 0 Å². The highest BCUT2D eigenvalue weighted by molar-refractivity contribution is 5.78. The van der Waals surface area contributed by atoms with Crippen LogP contribution in [0.15, 0.2) is 0 Å². The zero-order valence-electron chi connectivity index (χ0n) is 44.7. The molecule has 0 amide bonds. The largest absolute Gasteiger partial charge is 0.481 e. The van der Waals surface area contributed by atoms with E-state index in [1.807, 2.05) is 13.8 Å². The number of hydrogen-bond donors (Lipinski definition) is 4. The van der Waals surface area contributed by atoms with Gasteiger partial charge in [0, 0.05) is 6.61 Å². The van der Waals surface area contributed by atoms with Crippen molar-refractivity contribution in [3.63, 3.8) is 0 Å². The third-order valence-electron chi connectivity index (χ3n) is 17.5. The lowest BCUT2D eigenvalue weighted by atomic mass is 9.70. The van der Waals surface area contributed by atoms with E-state index in [1.54, 1.807) is 0 Å². The van der Waals surface area contributed by atoms with Crippen LogP contribution in [0, 0.1) is 93.2 Å². The molecule has 0 aromatic rings. The molecule has 63 heavy (non-hydrogen) atoms. The van der Waals surface area contributed by atoms with E-state index >= 15 is 0 Å². The highest BCUT2D eigenvalue weighted by Gasteiger charge is 2.52. The fourth-order valence-corrected chi connectivity index (χ4v) is 10.0. The minimum atomic E-state index is -0.613. The van der Waals surface area contributed by atoms with E-state index in [1.165, 1.54) is 83.5 Å². The quantitative estimate of drug-likeness (QED) is 0.174.